The lowest BCUT2D eigenvalue weighted by Crippen LogP contribution is -2.24. The molecule has 0 aliphatic carbocycles. The van der Waals surface area contributed by atoms with Gasteiger partial charge in [0.2, 0.25) is 5.71 Å². The second kappa shape index (κ2) is 6.37. The highest BCUT2D eigenvalue weighted by molar-refractivity contribution is 6.34. The zero-order chi connectivity index (χ0) is 18.3. The minimum Gasteiger partial charge on any atom is -0.442 e. The van der Waals surface area contributed by atoms with Crippen LogP contribution in [0.5, 0.6) is 0 Å². The van der Waals surface area contributed by atoms with Crippen molar-refractivity contribution in [3.8, 4) is 0 Å². The number of fused-ring (bicyclic) bond motifs is 1. The number of carbonyl (C=O) groups excluding carboxylic acids is 1. The molecule has 0 radical (unpaired) electrons. The minimum atomic E-state index is -0.451. The number of aromatic nitrogens is 2. The molecule has 0 spiro atoms. The van der Waals surface area contributed by atoms with Crippen molar-refractivity contribution in [2.75, 3.05) is 5.32 Å². The monoisotopic (exact) mass is 359 g/mol. The smallest absolute Gasteiger partial charge is 0.265 e. The Bertz CT molecular complexity index is 1050. The molecular formula is C18H18ClN3O3. The maximum absolute atomic E-state index is 12.8. The van der Waals surface area contributed by atoms with Crippen LogP contribution in [0.15, 0.2) is 27.4 Å². The summed E-state index contributed by atoms with van der Waals surface area (Å²) in [6.07, 6.45) is 0. The summed E-state index contributed by atoms with van der Waals surface area (Å²) < 4.78 is 7.06. The van der Waals surface area contributed by atoms with E-state index in [9.17, 15) is 9.59 Å². The Hall–Kier alpha value is -2.60. The van der Waals surface area contributed by atoms with Crippen LogP contribution in [0, 0.1) is 20.8 Å². The van der Waals surface area contributed by atoms with Crippen LogP contribution in [0.1, 0.15) is 34.4 Å². The van der Waals surface area contributed by atoms with Crippen molar-refractivity contribution < 1.29 is 9.21 Å². The predicted molar refractivity (Wildman–Crippen MR) is 97.6 cm³/mol. The van der Waals surface area contributed by atoms with Crippen LogP contribution in [-0.4, -0.2) is 15.5 Å². The lowest BCUT2D eigenvalue weighted by molar-refractivity contribution is 0.102. The van der Waals surface area contributed by atoms with Crippen molar-refractivity contribution in [3.63, 3.8) is 0 Å². The van der Waals surface area contributed by atoms with Gasteiger partial charge in [0.15, 0.2) is 0 Å². The van der Waals surface area contributed by atoms with Gasteiger partial charge in [0.1, 0.15) is 17.0 Å². The number of halogens is 1. The van der Waals surface area contributed by atoms with Crippen molar-refractivity contribution in [1.82, 2.24) is 9.55 Å². The normalized spacial score (nSPS) is 11.1. The van der Waals surface area contributed by atoms with Gasteiger partial charge in [-0.05, 0) is 45.4 Å². The van der Waals surface area contributed by atoms with Gasteiger partial charge in [0, 0.05) is 6.54 Å². The predicted octanol–water partition coefficient (Wildman–Crippen LogP) is 3.84. The molecule has 130 valence electrons. The molecule has 0 saturated heterocycles. The van der Waals surface area contributed by atoms with Crippen molar-refractivity contribution >= 4 is 34.3 Å². The number of amides is 1. The number of hydrogen-bond acceptors (Lipinski definition) is 4. The Labute approximate surface area is 149 Å². The number of anilines is 1. The third-order valence-electron chi connectivity index (χ3n) is 4.09. The molecule has 6 nitrogen and oxygen atoms in total. The topological polar surface area (TPSA) is 77.1 Å². The third-order valence-corrected chi connectivity index (χ3v) is 4.41. The number of nitrogens with zero attached hydrogens (tertiary/aromatic N) is 2. The van der Waals surface area contributed by atoms with Crippen molar-refractivity contribution in [2.45, 2.75) is 34.2 Å². The fourth-order valence-electron chi connectivity index (χ4n) is 2.85. The number of furan rings is 1. The molecule has 7 heteroatoms. The van der Waals surface area contributed by atoms with Crippen LogP contribution in [0.3, 0.4) is 0 Å². The van der Waals surface area contributed by atoms with E-state index in [0.717, 1.165) is 5.56 Å². The highest BCUT2D eigenvalue weighted by atomic mass is 35.5. The van der Waals surface area contributed by atoms with E-state index in [1.807, 2.05) is 19.9 Å². The van der Waals surface area contributed by atoms with Gasteiger partial charge in [-0.1, -0.05) is 17.7 Å². The molecule has 3 aromatic rings. The van der Waals surface area contributed by atoms with Crippen LogP contribution in [0.4, 0.5) is 5.69 Å². The maximum Gasteiger partial charge on any atom is 0.265 e. The summed E-state index contributed by atoms with van der Waals surface area (Å²) >= 11 is 6.18. The molecule has 3 rings (SSSR count). The Morgan fingerprint density at radius 2 is 2.04 bits per heavy atom. The van der Waals surface area contributed by atoms with E-state index in [4.69, 9.17) is 16.0 Å². The summed E-state index contributed by atoms with van der Waals surface area (Å²) in [4.78, 5) is 29.8. The molecule has 0 unspecified atom stereocenters. The van der Waals surface area contributed by atoms with Gasteiger partial charge < -0.3 is 9.73 Å². The van der Waals surface area contributed by atoms with Gasteiger partial charge >= 0.3 is 0 Å². The number of carbonyl (C=O) groups is 1. The van der Waals surface area contributed by atoms with Gasteiger partial charge in [-0.2, -0.15) is 4.98 Å². The van der Waals surface area contributed by atoms with E-state index in [1.54, 1.807) is 26.0 Å². The second-order valence-corrected chi connectivity index (χ2v) is 6.27. The van der Waals surface area contributed by atoms with Gasteiger partial charge in [0.25, 0.3) is 11.5 Å². The van der Waals surface area contributed by atoms with E-state index >= 15 is 0 Å². The van der Waals surface area contributed by atoms with Gasteiger partial charge in [-0.3, -0.25) is 14.2 Å². The zero-order valence-corrected chi connectivity index (χ0v) is 15.2. The first kappa shape index (κ1) is 17.2. The molecule has 2 aromatic heterocycles. The molecule has 0 bridgehead atoms. The first-order valence-corrected chi connectivity index (χ1v) is 8.29. The fraction of sp³-hybridized carbons (Fsp3) is 0.278. The standard InChI is InChI=1S/C18H18ClN3O3/c1-5-22-11(4)20-17-15(18(22)24)14(10(3)25-17)16(23)21-13-7-6-9(2)8-12(13)19/h6-8H,5H2,1-4H3,(H,21,23). The number of hydrogen-bond donors (Lipinski definition) is 1. The highest BCUT2D eigenvalue weighted by Gasteiger charge is 2.24. The van der Waals surface area contributed by atoms with Crippen LogP contribution in [0.25, 0.3) is 11.1 Å². The van der Waals surface area contributed by atoms with Crippen LogP contribution in [-0.2, 0) is 6.54 Å². The largest absolute Gasteiger partial charge is 0.442 e. The SMILES string of the molecule is CCn1c(C)nc2oc(C)c(C(=O)Nc3ccc(C)cc3Cl)c2c1=O. The molecule has 0 atom stereocenters. The van der Waals surface area contributed by atoms with E-state index < -0.39 is 5.91 Å². The van der Waals surface area contributed by atoms with Gasteiger partial charge in [-0.15, -0.1) is 0 Å². The summed E-state index contributed by atoms with van der Waals surface area (Å²) in [6, 6.07) is 5.32. The Kier molecular flexibility index (Phi) is 4.39. The average Bonchev–Trinajstić information content (AvgIpc) is 2.86. The van der Waals surface area contributed by atoms with E-state index in [-0.39, 0.29) is 22.2 Å². The van der Waals surface area contributed by atoms with E-state index in [0.29, 0.717) is 28.8 Å². The van der Waals surface area contributed by atoms with Gasteiger partial charge in [-0.25, -0.2) is 0 Å². The fourth-order valence-corrected chi connectivity index (χ4v) is 3.13. The molecular weight excluding hydrogens is 342 g/mol. The molecule has 0 aliphatic rings. The van der Waals surface area contributed by atoms with E-state index in [2.05, 4.69) is 10.3 Å². The summed E-state index contributed by atoms with van der Waals surface area (Å²) in [7, 11) is 0. The molecule has 1 N–H and O–H groups in total. The zero-order valence-electron chi connectivity index (χ0n) is 14.4. The molecule has 25 heavy (non-hydrogen) atoms. The second-order valence-electron chi connectivity index (χ2n) is 5.86. The molecule has 1 amide bonds. The van der Waals surface area contributed by atoms with Crippen molar-refractivity contribution in [2.24, 2.45) is 0 Å². The Balaban J connectivity index is 2.13. The molecule has 0 saturated carbocycles. The third kappa shape index (κ3) is 2.93. The quantitative estimate of drug-likeness (QED) is 0.770. The molecule has 2 heterocycles. The summed E-state index contributed by atoms with van der Waals surface area (Å²) in [5, 5.41) is 3.36. The van der Waals surface area contributed by atoms with Crippen molar-refractivity contribution in [1.29, 1.82) is 0 Å². The van der Waals surface area contributed by atoms with Crippen LogP contribution >= 0.6 is 11.6 Å². The molecule has 0 fully saturated rings. The van der Waals surface area contributed by atoms with Crippen LogP contribution < -0.4 is 10.9 Å². The molecule has 0 aliphatic heterocycles. The summed E-state index contributed by atoms with van der Waals surface area (Å²) in [5.74, 6) is 0.434. The van der Waals surface area contributed by atoms with Crippen LogP contribution in [0.2, 0.25) is 5.02 Å². The maximum atomic E-state index is 12.8. The summed E-state index contributed by atoms with van der Waals surface area (Å²) in [5.41, 5.74) is 1.53. The first-order valence-electron chi connectivity index (χ1n) is 7.91. The Morgan fingerprint density at radius 3 is 2.68 bits per heavy atom. The average molecular weight is 360 g/mol. The lowest BCUT2D eigenvalue weighted by Gasteiger charge is -2.08. The van der Waals surface area contributed by atoms with Crippen molar-refractivity contribution in [3.05, 3.63) is 56.3 Å². The first-order chi connectivity index (χ1) is 11.8. The minimum absolute atomic E-state index is 0.171. The van der Waals surface area contributed by atoms with Gasteiger partial charge in [0.05, 0.1) is 16.3 Å². The lowest BCUT2D eigenvalue weighted by atomic mass is 10.1. The highest BCUT2D eigenvalue weighted by Crippen LogP contribution is 2.26. The Morgan fingerprint density at radius 1 is 1.32 bits per heavy atom. The number of benzene rings is 1. The summed E-state index contributed by atoms with van der Waals surface area (Å²) in [6.45, 7) is 7.59. The number of rotatable bonds is 3. The van der Waals surface area contributed by atoms with E-state index in [1.165, 1.54) is 4.57 Å². The number of aryl methyl sites for hydroxylation is 3. The number of nitrogens with one attached hydrogen (secondary N) is 1. The molecule has 1 aromatic carbocycles.